The molecule has 2 aliphatic carbocycles. The summed E-state index contributed by atoms with van der Waals surface area (Å²) < 4.78 is 5.24. The number of ether oxygens (including phenoxy) is 1. The molecule has 5 heteroatoms. The van der Waals surface area contributed by atoms with Gasteiger partial charge in [0.1, 0.15) is 11.9 Å². The average Bonchev–Trinajstić information content (AvgIpc) is 2.43. The van der Waals surface area contributed by atoms with Crippen molar-refractivity contribution in [2.75, 3.05) is 0 Å². The molecular formula is C17H16O5. The number of carbonyl (C=O) groups is 3. The number of hydrogen-bond donors (Lipinski definition) is 1. The van der Waals surface area contributed by atoms with Crippen LogP contribution < -0.4 is 0 Å². The van der Waals surface area contributed by atoms with Crippen molar-refractivity contribution in [2.24, 2.45) is 11.8 Å². The van der Waals surface area contributed by atoms with Gasteiger partial charge in [0.15, 0.2) is 11.6 Å². The molecule has 3 unspecified atom stereocenters. The minimum absolute atomic E-state index is 0.0880. The fraction of sp³-hybridized carbons (Fsp3) is 0.353. The van der Waals surface area contributed by atoms with Gasteiger partial charge in [-0.25, -0.2) is 0 Å². The summed E-state index contributed by atoms with van der Waals surface area (Å²) in [6.07, 6.45) is 1.44. The Balaban J connectivity index is 2.12. The molecule has 0 amide bonds. The van der Waals surface area contributed by atoms with Gasteiger partial charge in [0.2, 0.25) is 0 Å². The third kappa shape index (κ3) is 2.13. The van der Waals surface area contributed by atoms with Crippen LogP contribution in [0, 0.1) is 11.8 Å². The molecule has 0 radical (unpaired) electrons. The monoisotopic (exact) mass is 300 g/mol. The van der Waals surface area contributed by atoms with Crippen LogP contribution >= 0.6 is 0 Å². The largest absolute Gasteiger partial charge is 0.507 e. The highest BCUT2D eigenvalue weighted by Gasteiger charge is 2.48. The maximum absolute atomic E-state index is 12.8. The van der Waals surface area contributed by atoms with Gasteiger partial charge in [-0.1, -0.05) is 17.7 Å². The highest BCUT2D eigenvalue weighted by molar-refractivity contribution is 6.17. The Hall–Kier alpha value is -2.43. The first-order valence-electron chi connectivity index (χ1n) is 7.15. The minimum atomic E-state index is -0.733. The van der Waals surface area contributed by atoms with Crippen molar-refractivity contribution in [3.63, 3.8) is 0 Å². The molecular weight excluding hydrogens is 284 g/mol. The van der Waals surface area contributed by atoms with Crippen LogP contribution in [0.15, 0.2) is 29.8 Å². The number of hydrogen-bond acceptors (Lipinski definition) is 5. The lowest BCUT2D eigenvalue weighted by Gasteiger charge is -2.37. The molecule has 0 heterocycles. The number of phenolic OH excluding ortho intramolecular Hbond substituents is 1. The average molecular weight is 300 g/mol. The standard InChI is InChI=1S/C17H16O5/c1-8-6-11-15(13(7-8)22-9(2)18)16(20)10-4-3-5-12(19)14(10)17(11)21/h3-5,7,11,13,15,19H,6H2,1-2H3. The molecule has 114 valence electrons. The summed E-state index contributed by atoms with van der Waals surface area (Å²) in [7, 11) is 0. The Morgan fingerprint density at radius 3 is 2.68 bits per heavy atom. The molecule has 22 heavy (non-hydrogen) atoms. The van der Waals surface area contributed by atoms with Crippen molar-refractivity contribution >= 4 is 17.5 Å². The van der Waals surface area contributed by atoms with Crippen LogP contribution in [0.4, 0.5) is 0 Å². The second-order valence-corrected chi connectivity index (χ2v) is 5.85. The predicted octanol–water partition coefficient (Wildman–Crippen LogP) is 2.29. The van der Waals surface area contributed by atoms with Gasteiger partial charge in [-0.3, -0.25) is 14.4 Å². The zero-order valence-electron chi connectivity index (χ0n) is 12.3. The van der Waals surface area contributed by atoms with Crippen molar-refractivity contribution < 1.29 is 24.2 Å². The first-order valence-corrected chi connectivity index (χ1v) is 7.15. The number of aromatic hydroxyl groups is 1. The molecule has 0 aliphatic heterocycles. The first-order chi connectivity index (χ1) is 10.4. The molecule has 0 fully saturated rings. The number of ketones is 2. The lowest BCUT2D eigenvalue weighted by molar-refractivity contribution is -0.146. The molecule has 0 saturated heterocycles. The van der Waals surface area contributed by atoms with Crippen molar-refractivity contribution in [2.45, 2.75) is 26.4 Å². The van der Waals surface area contributed by atoms with Gasteiger partial charge in [-0.05, 0) is 25.5 Å². The van der Waals surface area contributed by atoms with E-state index in [-0.39, 0.29) is 28.4 Å². The van der Waals surface area contributed by atoms with Crippen LogP contribution in [0.5, 0.6) is 5.75 Å². The summed E-state index contributed by atoms with van der Waals surface area (Å²) >= 11 is 0. The Kier molecular flexibility index (Phi) is 3.35. The highest BCUT2D eigenvalue weighted by atomic mass is 16.5. The Morgan fingerprint density at radius 2 is 2.00 bits per heavy atom. The summed E-state index contributed by atoms with van der Waals surface area (Å²) in [5.74, 6) is -2.49. The summed E-state index contributed by atoms with van der Waals surface area (Å²) in [5.41, 5.74) is 1.19. The number of allylic oxidation sites excluding steroid dienone is 1. The second kappa shape index (κ2) is 5.09. The third-order valence-electron chi connectivity index (χ3n) is 4.27. The van der Waals surface area contributed by atoms with E-state index in [1.165, 1.54) is 25.1 Å². The van der Waals surface area contributed by atoms with E-state index >= 15 is 0 Å². The van der Waals surface area contributed by atoms with E-state index in [2.05, 4.69) is 0 Å². The van der Waals surface area contributed by atoms with E-state index in [4.69, 9.17) is 4.74 Å². The lowest BCUT2D eigenvalue weighted by Crippen LogP contribution is -2.46. The molecule has 3 atom stereocenters. The Bertz CT molecular complexity index is 716. The van der Waals surface area contributed by atoms with Crippen LogP contribution in [0.1, 0.15) is 41.0 Å². The quantitative estimate of drug-likeness (QED) is 0.635. The maximum atomic E-state index is 12.8. The Morgan fingerprint density at radius 1 is 1.27 bits per heavy atom. The second-order valence-electron chi connectivity index (χ2n) is 5.85. The number of carbonyl (C=O) groups excluding carboxylic acids is 3. The fourth-order valence-electron chi connectivity index (χ4n) is 3.41. The number of benzene rings is 1. The number of phenols is 1. The molecule has 1 aromatic carbocycles. The van der Waals surface area contributed by atoms with Gasteiger partial charge >= 0.3 is 5.97 Å². The molecule has 0 aromatic heterocycles. The van der Waals surface area contributed by atoms with Crippen LogP contribution in [-0.4, -0.2) is 28.7 Å². The van der Waals surface area contributed by atoms with Gasteiger partial charge in [-0.2, -0.15) is 0 Å². The van der Waals surface area contributed by atoms with Gasteiger partial charge in [0.25, 0.3) is 0 Å². The summed E-state index contributed by atoms with van der Waals surface area (Å²) in [6, 6.07) is 4.46. The zero-order chi connectivity index (χ0) is 16.0. The van der Waals surface area contributed by atoms with E-state index in [1.807, 2.05) is 6.92 Å². The molecule has 2 aliphatic rings. The van der Waals surface area contributed by atoms with Crippen LogP contribution in [0.25, 0.3) is 0 Å². The lowest BCUT2D eigenvalue weighted by atomic mass is 9.66. The van der Waals surface area contributed by atoms with E-state index in [0.717, 1.165) is 5.57 Å². The number of esters is 1. The molecule has 0 bridgehead atoms. The zero-order valence-corrected chi connectivity index (χ0v) is 12.3. The molecule has 1 aromatic rings. The number of rotatable bonds is 1. The van der Waals surface area contributed by atoms with Gasteiger partial charge in [-0.15, -0.1) is 0 Å². The van der Waals surface area contributed by atoms with E-state index < -0.39 is 23.9 Å². The fourth-order valence-corrected chi connectivity index (χ4v) is 3.41. The van der Waals surface area contributed by atoms with Gasteiger partial charge < -0.3 is 9.84 Å². The summed E-state index contributed by atoms with van der Waals surface area (Å²) in [4.78, 5) is 36.8. The molecule has 3 rings (SSSR count). The van der Waals surface area contributed by atoms with E-state index in [0.29, 0.717) is 6.42 Å². The molecule has 1 N–H and O–H groups in total. The maximum Gasteiger partial charge on any atom is 0.303 e. The van der Waals surface area contributed by atoms with Crippen LogP contribution in [0.2, 0.25) is 0 Å². The number of fused-ring (bicyclic) bond motifs is 2. The summed E-state index contributed by atoms with van der Waals surface area (Å²) in [5, 5.41) is 9.94. The molecule has 0 saturated carbocycles. The van der Waals surface area contributed by atoms with Crippen molar-refractivity contribution in [1.82, 2.24) is 0 Å². The third-order valence-corrected chi connectivity index (χ3v) is 4.27. The topological polar surface area (TPSA) is 80.7 Å². The van der Waals surface area contributed by atoms with E-state index in [9.17, 15) is 19.5 Å². The number of Topliss-reactive ketones (excluding diaryl/α,β-unsaturated/α-hetero) is 2. The molecule has 0 spiro atoms. The van der Waals surface area contributed by atoms with Crippen LogP contribution in [-0.2, 0) is 9.53 Å². The van der Waals surface area contributed by atoms with Gasteiger partial charge in [0, 0.05) is 18.4 Å². The highest BCUT2D eigenvalue weighted by Crippen LogP contribution is 2.42. The van der Waals surface area contributed by atoms with Crippen molar-refractivity contribution in [3.8, 4) is 5.75 Å². The SMILES string of the molecule is CC(=O)OC1C=C(C)CC2C(=O)c3c(O)cccc3C(=O)C12. The summed E-state index contributed by atoms with van der Waals surface area (Å²) in [6.45, 7) is 3.12. The van der Waals surface area contributed by atoms with Crippen molar-refractivity contribution in [3.05, 3.63) is 41.0 Å². The normalized spacial score (nSPS) is 26.8. The van der Waals surface area contributed by atoms with E-state index in [1.54, 1.807) is 6.08 Å². The minimum Gasteiger partial charge on any atom is -0.507 e. The smallest absolute Gasteiger partial charge is 0.303 e. The predicted molar refractivity (Wildman–Crippen MR) is 77.7 cm³/mol. The van der Waals surface area contributed by atoms with Gasteiger partial charge in [0.05, 0.1) is 11.5 Å². The van der Waals surface area contributed by atoms with Crippen LogP contribution in [0.3, 0.4) is 0 Å². The Labute approximate surface area is 127 Å². The first kappa shape index (κ1) is 14.5. The van der Waals surface area contributed by atoms with Crippen molar-refractivity contribution in [1.29, 1.82) is 0 Å². The molecule has 5 nitrogen and oxygen atoms in total.